The lowest BCUT2D eigenvalue weighted by atomic mass is 9.92. The van der Waals surface area contributed by atoms with E-state index < -0.39 is 0 Å². The lowest BCUT2D eigenvalue weighted by Gasteiger charge is -2.41. The minimum atomic E-state index is 0. The summed E-state index contributed by atoms with van der Waals surface area (Å²) < 4.78 is 5.42. The number of carbonyl (C=O) groups is 1. The fourth-order valence-electron chi connectivity index (χ4n) is 3.37. The van der Waals surface area contributed by atoms with Crippen molar-refractivity contribution < 1.29 is 9.53 Å². The number of morpholine rings is 1. The van der Waals surface area contributed by atoms with Gasteiger partial charge < -0.3 is 19.9 Å². The Morgan fingerprint density at radius 3 is 2.68 bits per heavy atom. The van der Waals surface area contributed by atoms with Gasteiger partial charge in [-0.2, -0.15) is 0 Å². The number of carbonyl (C=O) groups excluding carboxylic acids is 1. The van der Waals surface area contributed by atoms with Crippen LogP contribution in [0.1, 0.15) is 26.7 Å². The summed E-state index contributed by atoms with van der Waals surface area (Å²) in [6.45, 7) is 10.0. The molecule has 5 nitrogen and oxygen atoms in total. The van der Waals surface area contributed by atoms with E-state index >= 15 is 0 Å². The van der Waals surface area contributed by atoms with Crippen LogP contribution in [0.15, 0.2) is 0 Å². The summed E-state index contributed by atoms with van der Waals surface area (Å²) in [6.07, 6.45) is 1.64. The minimum Gasteiger partial charge on any atom is -0.378 e. The molecule has 2 aliphatic heterocycles. The zero-order chi connectivity index (χ0) is 14.5. The second-order valence-corrected chi connectivity index (χ2v) is 6.16. The van der Waals surface area contributed by atoms with Crippen LogP contribution in [0.2, 0.25) is 0 Å². The molecule has 0 bridgehead atoms. The number of piperidine rings is 1. The molecule has 1 N–H and O–H groups in total. The van der Waals surface area contributed by atoms with Crippen molar-refractivity contribution >= 4 is 30.7 Å². The highest BCUT2D eigenvalue weighted by molar-refractivity contribution is 5.85. The van der Waals surface area contributed by atoms with E-state index in [0.717, 1.165) is 39.2 Å². The average molecular weight is 356 g/mol. The number of nitrogens with one attached hydrogen (secondary N) is 1. The molecule has 132 valence electrons. The highest BCUT2D eigenvalue weighted by Gasteiger charge is 2.31. The van der Waals surface area contributed by atoms with Gasteiger partial charge in [0.25, 0.3) is 0 Å². The van der Waals surface area contributed by atoms with Gasteiger partial charge in [0.1, 0.15) is 0 Å². The van der Waals surface area contributed by atoms with Crippen LogP contribution < -0.4 is 5.32 Å². The Balaban J connectivity index is 0.00000220. The highest BCUT2D eigenvalue weighted by atomic mass is 35.5. The van der Waals surface area contributed by atoms with E-state index in [1.54, 1.807) is 0 Å². The first-order chi connectivity index (χ1) is 9.61. The molecule has 0 radical (unpaired) electrons. The van der Waals surface area contributed by atoms with E-state index in [9.17, 15) is 4.79 Å². The van der Waals surface area contributed by atoms with E-state index in [1.807, 2.05) is 11.9 Å². The van der Waals surface area contributed by atoms with Gasteiger partial charge in [0, 0.05) is 45.2 Å². The highest BCUT2D eigenvalue weighted by Crippen LogP contribution is 2.22. The monoisotopic (exact) mass is 355 g/mol. The molecule has 3 atom stereocenters. The molecule has 0 spiro atoms. The molecule has 2 aliphatic rings. The van der Waals surface area contributed by atoms with Crippen LogP contribution in [0.5, 0.6) is 0 Å². The fourth-order valence-corrected chi connectivity index (χ4v) is 3.37. The minimum absolute atomic E-state index is 0. The Labute approximate surface area is 146 Å². The maximum atomic E-state index is 12.4. The van der Waals surface area contributed by atoms with Crippen LogP contribution >= 0.6 is 24.8 Å². The molecular formula is C15H31Cl2N3O2. The van der Waals surface area contributed by atoms with Crippen molar-refractivity contribution in [1.82, 2.24) is 15.1 Å². The molecule has 22 heavy (non-hydrogen) atoms. The zero-order valence-electron chi connectivity index (χ0n) is 13.9. The Bertz CT molecular complexity index is 328. The largest absolute Gasteiger partial charge is 0.378 e. The quantitative estimate of drug-likeness (QED) is 0.827. The first-order valence-corrected chi connectivity index (χ1v) is 7.91. The Hall–Kier alpha value is -0.0700. The smallest absolute Gasteiger partial charge is 0.224 e. The number of rotatable bonds is 4. The molecule has 0 aromatic heterocycles. The van der Waals surface area contributed by atoms with Crippen molar-refractivity contribution in [2.75, 3.05) is 46.4 Å². The number of halogens is 2. The van der Waals surface area contributed by atoms with E-state index in [0.29, 0.717) is 25.0 Å². The standard InChI is InChI=1S/C15H29N3O2.2ClH/c1-4-18-7-5-14(12(2)10-18)17(3)15(19)9-13-11-20-8-6-16-13;;/h12-14,16H,4-11H2,1-3H3;2*1H. The van der Waals surface area contributed by atoms with Gasteiger partial charge in [-0.25, -0.2) is 0 Å². The summed E-state index contributed by atoms with van der Waals surface area (Å²) in [7, 11) is 1.97. The summed E-state index contributed by atoms with van der Waals surface area (Å²) in [5, 5.41) is 3.35. The molecular weight excluding hydrogens is 325 g/mol. The number of nitrogens with zero attached hydrogens (tertiary/aromatic N) is 2. The van der Waals surface area contributed by atoms with Gasteiger partial charge in [0.05, 0.1) is 13.2 Å². The molecule has 7 heteroatoms. The lowest BCUT2D eigenvalue weighted by Crippen LogP contribution is -2.52. The lowest BCUT2D eigenvalue weighted by molar-refractivity contribution is -0.135. The number of amides is 1. The van der Waals surface area contributed by atoms with Gasteiger partial charge in [-0.15, -0.1) is 24.8 Å². The third kappa shape index (κ3) is 5.85. The van der Waals surface area contributed by atoms with Crippen LogP contribution in [0, 0.1) is 5.92 Å². The van der Waals surface area contributed by atoms with Crippen molar-refractivity contribution in [2.24, 2.45) is 5.92 Å². The third-order valence-electron chi connectivity index (χ3n) is 4.70. The molecule has 2 heterocycles. The van der Waals surface area contributed by atoms with E-state index in [4.69, 9.17) is 4.74 Å². The van der Waals surface area contributed by atoms with Crippen LogP contribution in [0.25, 0.3) is 0 Å². The number of likely N-dealkylation sites (tertiary alicyclic amines) is 1. The van der Waals surface area contributed by atoms with E-state index in [2.05, 4.69) is 24.1 Å². The molecule has 3 unspecified atom stereocenters. The van der Waals surface area contributed by atoms with Crippen LogP contribution in [-0.2, 0) is 9.53 Å². The van der Waals surface area contributed by atoms with Gasteiger partial charge in [-0.3, -0.25) is 4.79 Å². The normalized spacial score (nSPS) is 29.1. The number of hydrogen-bond acceptors (Lipinski definition) is 4. The predicted octanol–water partition coefficient (Wildman–Crippen LogP) is 1.40. The zero-order valence-corrected chi connectivity index (χ0v) is 15.5. The number of hydrogen-bond donors (Lipinski definition) is 1. The third-order valence-corrected chi connectivity index (χ3v) is 4.70. The van der Waals surface area contributed by atoms with Crippen LogP contribution in [0.3, 0.4) is 0 Å². The summed E-state index contributed by atoms with van der Waals surface area (Å²) in [6, 6.07) is 0.569. The Morgan fingerprint density at radius 2 is 2.14 bits per heavy atom. The molecule has 2 fully saturated rings. The van der Waals surface area contributed by atoms with Gasteiger partial charge in [-0.05, 0) is 18.9 Å². The fraction of sp³-hybridized carbons (Fsp3) is 0.933. The van der Waals surface area contributed by atoms with Crippen molar-refractivity contribution in [3.8, 4) is 0 Å². The predicted molar refractivity (Wildman–Crippen MR) is 94.2 cm³/mol. The second kappa shape index (κ2) is 10.7. The Kier molecular flexibility index (Phi) is 10.6. The van der Waals surface area contributed by atoms with Crippen LogP contribution in [0.4, 0.5) is 0 Å². The van der Waals surface area contributed by atoms with Gasteiger partial charge in [0.2, 0.25) is 5.91 Å². The SMILES string of the molecule is CCN1CCC(N(C)C(=O)CC2COCCN2)C(C)C1.Cl.Cl. The molecule has 2 saturated heterocycles. The van der Waals surface area contributed by atoms with E-state index in [1.165, 1.54) is 0 Å². The molecule has 1 amide bonds. The summed E-state index contributed by atoms with van der Waals surface area (Å²) in [5.41, 5.74) is 0. The van der Waals surface area contributed by atoms with Crippen molar-refractivity contribution in [2.45, 2.75) is 38.8 Å². The van der Waals surface area contributed by atoms with Crippen molar-refractivity contribution in [3.05, 3.63) is 0 Å². The first-order valence-electron chi connectivity index (χ1n) is 7.91. The van der Waals surface area contributed by atoms with Gasteiger partial charge in [-0.1, -0.05) is 13.8 Å². The van der Waals surface area contributed by atoms with E-state index in [-0.39, 0.29) is 36.8 Å². The molecule has 0 aromatic rings. The number of ether oxygens (including phenoxy) is 1. The molecule has 0 aromatic carbocycles. The first kappa shape index (κ1) is 21.9. The van der Waals surface area contributed by atoms with Crippen molar-refractivity contribution in [3.63, 3.8) is 0 Å². The molecule has 0 aliphatic carbocycles. The molecule has 0 saturated carbocycles. The van der Waals surface area contributed by atoms with Gasteiger partial charge in [0.15, 0.2) is 0 Å². The maximum Gasteiger partial charge on any atom is 0.224 e. The average Bonchev–Trinajstić information content (AvgIpc) is 2.47. The summed E-state index contributed by atoms with van der Waals surface area (Å²) in [5.74, 6) is 0.794. The van der Waals surface area contributed by atoms with Crippen molar-refractivity contribution in [1.29, 1.82) is 0 Å². The topological polar surface area (TPSA) is 44.8 Å². The maximum absolute atomic E-state index is 12.4. The van der Waals surface area contributed by atoms with Gasteiger partial charge >= 0.3 is 0 Å². The summed E-state index contributed by atoms with van der Waals surface area (Å²) in [4.78, 5) is 16.9. The molecule has 2 rings (SSSR count). The van der Waals surface area contributed by atoms with Crippen LogP contribution in [-0.4, -0.2) is 74.2 Å². The Morgan fingerprint density at radius 1 is 1.41 bits per heavy atom. The second-order valence-electron chi connectivity index (χ2n) is 6.16. The summed E-state index contributed by atoms with van der Waals surface area (Å²) >= 11 is 0.